The minimum atomic E-state index is 0.268. The van der Waals surface area contributed by atoms with Crippen molar-refractivity contribution in [3.63, 3.8) is 0 Å². The zero-order chi connectivity index (χ0) is 14.4. The summed E-state index contributed by atoms with van der Waals surface area (Å²) < 4.78 is 11.7. The predicted octanol–water partition coefficient (Wildman–Crippen LogP) is 3.36. The largest absolute Gasteiger partial charge is 0.490 e. The minimum absolute atomic E-state index is 0.268. The third-order valence-electron chi connectivity index (χ3n) is 3.79. The van der Waals surface area contributed by atoms with Gasteiger partial charge in [-0.2, -0.15) is 0 Å². The number of aryl methyl sites for hydroxylation is 2. The second kappa shape index (κ2) is 7.65. The summed E-state index contributed by atoms with van der Waals surface area (Å²) in [5.41, 5.74) is 3.76. The maximum absolute atomic E-state index is 6.02. The first-order valence-electron chi connectivity index (χ1n) is 7.76. The van der Waals surface area contributed by atoms with Gasteiger partial charge in [0.15, 0.2) is 0 Å². The monoisotopic (exact) mass is 277 g/mol. The highest BCUT2D eigenvalue weighted by atomic mass is 16.5. The molecule has 20 heavy (non-hydrogen) atoms. The van der Waals surface area contributed by atoms with Gasteiger partial charge in [-0.05, 0) is 56.3 Å². The van der Waals surface area contributed by atoms with E-state index in [1.165, 1.54) is 29.5 Å². The third-order valence-corrected chi connectivity index (χ3v) is 3.79. The van der Waals surface area contributed by atoms with E-state index < -0.39 is 0 Å². The number of hydrogen-bond acceptors (Lipinski definition) is 3. The normalized spacial score (nSPS) is 19.1. The van der Waals surface area contributed by atoms with Crippen LogP contribution in [0.3, 0.4) is 0 Å². The van der Waals surface area contributed by atoms with Crippen molar-refractivity contribution < 1.29 is 9.47 Å². The van der Waals surface area contributed by atoms with Crippen molar-refractivity contribution in [2.75, 3.05) is 19.8 Å². The first-order valence-corrected chi connectivity index (χ1v) is 7.76. The van der Waals surface area contributed by atoms with Crippen LogP contribution in [0.1, 0.15) is 42.9 Å². The van der Waals surface area contributed by atoms with Gasteiger partial charge in [-0.25, -0.2) is 0 Å². The van der Waals surface area contributed by atoms with E-state index >= 15 is 0 Å². The molecule has 0 aliphatic carbocycles. The van der Waals surface area contributed by atoms with Crippen molar-refractivity contribution in [3.8, 4) is 5.75 Å². The molecule has 112 valence electrons. The number of ether oxygens (including phenoxy) is 2. The standard InChI is InChI=1S/C17H27NO2/c1-4-18-11-15-9-13(2)17(14(3)10-15)20-12-16-7-5-6-8-19-16/h9-10,16,18H,4-8,11-12H2,1-3H3. The molecule has 0 amide bonds. The Labute approximate surface area is 122 Å². The molecule has 1 atom stereocenters. The van der Waals surface area contributed by atoms with Crippen LogP contribution in [-0.4, -0.2) is 25.9 Å². The average molecular weight is 277 g/mol. The van der Waals surface area contributed by atoms with Crippen LogP contribution in [0.15, 0.2) is 12.1 Å². The first kappa shape index (κ1) is 15.3. The molecule has 0 saturated carbocycles. The Hall–Kier alpha value is -1.06. The highest BCUT2D eigenvalue weighted by Gasteiger charge is 2.15. The van der Waals surface area contributed by atoms with E-state index in [9.17, 15) is 0 Å². The van der Waals surface area contributed by atoms with E-state index in [-0.39, 0.29) is 6.10 Å². The van der Waals surface area contributed by atoms with Crippen LogP contribution < -0.4 is 10.1 Å². The summed E-state index contributed by atoms with van der Waals surface area (Å²) in [6, 6.07) is 4.43. The van der Waals surface area contributed by atoms with Gasteiger partial charge in [0.05, 0.1) is 6.10 Å². The fourth-order valence-electron chi connectivity index (χ4n) is 2.75. The van der Waals surface area contributed by atoms with Crippen molar-refractivity contribution in [3.05, 3.63) is 28.8 Å². The Bertz CT molecular complexity index is 402. The zero-order valence-electron chi connectivity index (χ0n) is 13.0. The lowest BCUT2D eigenvalue weighted by molar-refractivity contribution is -0.0113. The van der Waals surface area contributed by atoms with Gasteiger partial charge in [0.1, 0.15) is 12.4 Å². The topological polar surface area (TPSA) is 30.5 Å². The molecule has 1 N–H and O–H groups in total. The van der Waals surface area contributed by atoms with Gasteiger partial charge in [0, 0.05) is 13.2 Å². The molecule has 0 radical (unpaired) electrons. The zero-order valence-corrected chi connectivity index (χ0v) is 13.0. The van der Waals surface area contributed by atoms with E-state index in [4.69, 9.17) is 9.47 Å². The van der Waals surface area contributed by atoms with Crippen molar-refractivity contribution in [2.45, 2.75) is 52.7 Å². The molecule has 2 rings (SSSR count). The Morgan fingerprint density at radius 3 is 2.60 bits per heavy atom. The quantitative estimate of drug-likeness (QED) is 0.865. The van der Waals surface area contributed by atoms with Crippen LogP contribution >= 0.6 is 0 Å². The molecular formula is C17H27NO2. The Kier molecular flexibility index (Phi) is 5.86. The summed E-state index contributed by atoms with van der Waals surface area (Å²) >= 11 is 0. The molecular weight excluding hydrogens is 250 g/mol. The Balaban J connectivity index is 1.96. The lowest BCUT2D eigenvalue weighted by Crippen LogP contribution is -2.26. The van der Waals surface area contributed by atoms with Crippen molar-refractivity contribution in [2.24, 2.45) is 0 Å². The Morgan fingerprint density at radius 2 is 2.00 bits per heavy atom. The van der Waals surface area contributed by atoms with Gasteiger partial charge < -0.3 is 14.8 Å². The second-order valence-corrected chi connectivity index (χ2v) is 5.64. The molecule has 1 saturated heterocycles. The summed E-state index contributed by atoms with van der Waals surface area (Å²) in [6.07, 6.45) is 3.83. The minimum Gasteiger partial charge on any atom is -0.490 e. The smallest absolute Gasteiger partial charge is 0.125 e. The molecule has 0 spiro atoms. The van der Waals surface area contributed by atoms with Crippen molar-refractivity contribution in [1.82, 2.24) is 5.32 Å². The first-order chi connectivity index (χ1) is 9.70. The molecule has 1 fully saturated rings. The molecule has 1 aliphatic rings. The number of nitrogens with one attached hydrogen (secondary N) is 1. The van der Waals surface area contributed by atoms with Crippen molar-refractivity contribution >= 4 is 0 Å². The van der Waals surface area contributed by atoms with E-state index in [0.29, 0.717) is 6.61 Å². The molecule has 0 bridgehead atoms. The number of rotatable bonds is 6. The van der Waals surface area contributed by atoms with Crippen LogP contribution in [0.4, 0.5) is 0 Å². The summed E-state index contributed by atoms with van der Waals surface area (Å²) in [5, 5.41) is 3.36. The maximum atomic E-state index is 6.02. The van der Waals surface area contributed by atoms with Crippen LogP contribution in [0.25, 0.3) is 0 Å². The molecule has 1 unspecified atom stereocenters. The molecule has 1 aromatic rings. The number of hydrogen-bond donors (Lipinski definition) is 1. The van der Waals surface area contributed by atoms with Gasteiger partial charge >= 0.3 is 0 Å². The molecule has 3 nitrogen and oxygen atoms in total. The summed E-state index contributed by atoms with van der Waals surface area (Å²) in [4.78, 5) is 0. The highest BCUT2D eigenvalue weighted by Crippen LogP contribution is 2.26. The van der Waals surface area contributed by atoms with Gasteiger partial charge in [0.2, 0.25) is 0 Å². The number of benzene rings is 1. The third kappa shape index (κ3) is 4.22. The molecule has 3 heteroatoms. The predicted molar refractivity (Wildman–Crippen MR) is 82.4 cm³/mol. The van der Waals surface area contributed by atoms with Crippen LogP contribution in [0.2, 0.25) is 0 Å². The van der Waals surface area contributed by atoms with Crippen LogP contribution in [-0.2, 0) is 11.3 Å². The second-order valence-electron chi connectivity index (χ2n) is 5.64. The summed E-state index contributed by atoms with van der Waals surface area (Å²) in [6.45, 7) is 9.85. The van der Waals surface area contributed by atoms with Crippen molar-refractivity contribution in [1.29, 1.82) is 0 Å². The summed E-state index contributed by atoms with van der Waals surface area (Å²) in [5.74, 6) is 1.03. The lowest BCUT2D eigenvalue weighted by atomic mass is 10.1. The summed E-state index contributed by atoms with van der Waals surface area (Å²) in [7, 11) is 0. The molecule has 1 heterocycles. The van der Waals surface area contributed by atoms with E-state index in [1.807, 2.05) is 0 Å². The van der Waals surface area contributed by atoms with E-state index in [1.54, 1.807) is 0 Å². The average Bonchev–Trinajstić information content (AvgIpc) is 2.45. The van der Waals surface area contributed by atoms with Crippen LogP contribution in [0.5, 0.6) is 5.75 Å². The fraction of sp³-hybridized carbons (Fsp3) is 0.647. The molecule has 0 aromatic heterocycles. The molecule has 1 aliphatic heterocycles. The molecule has 1 aromatic carbocycles. The van der Waals surface area contributed by atoms with Gasteiger partial charge in [-0.15, -0.1) is 0 Å². The van der Waals surface area contributed by atoms with E-state index in [2.05, 4.69) is 38.2 Å². The fourth-order valence-corrected chi connectivity index (χ4v) is 2.75. The highest BCUT2D eigenvalue weighted by molar-refractivity contribution is 5.43. The SMILES string of the molecule is CCNCc1cc(C)c(OCC2CCCCO2)c(C)c1. The Morgan fingerprint density at radius 1 is 1.25 bits per heavy atom. The lowest BCUT2D eigenvalue weighted by Gasteiger charge is -2.23. The van der Waals surface area contributed by atoms with Crippen LogP contribution in [0, 0.1) is 13.8 Å². The maximum Gasteiger partial charge on any atom is 0.125 e. The van der Waals surface area contributed by atoms with Gasteiger partial charge in [-0.1, -0.05) is 19.1 Å². The van der Waals surface area contributed by atoms with Gasteiger partial charge in [0.25, 0.3) is 0 Å². The van der Waals surface area contributed by atoms with E-state index in [0.717, 1.165) is 31.9 Å². The van der Waals surface area contributed by atoms with Gasteiger partial charge in [-0.3, -0.25) is 0 Å².